The molecule has 1 aliphatic heterocycles. The van der Waals surface area contributed by atoms with E-state index >= 15 is 0 Å². The second-order valence-electron chi connectivity index (χ2n) is 5.44. The van der Waals surface area contributed by atoms with E-state index in [-0.39, 0.29) is 34.9 Å². The van der Waals surface area contributed by atoms with E-state index in [1.165, 1.54) is 4.90 Å². The summed E-state index contributed by atoms with van der Waals surface area (Å²) in [6.07, 6.45) is 3.44. The van der Waals surface area contributed by atoms with Crippen molar-refractivity contribution in [1.29, 1.82) is 0 Å². The van der Waals surface area contributed by atoms with Crippen LogP contribution in [0.5, 0.6) is 0 Å². The van der Waals surface area contributed by atoms with E-state index < -0.39 is 0 Å². The van der Waals surface area contributed by atoms with Gasteiger partial charge in [-0.3, -0.25) is 19.3 Å². The van der Waals surface area contributed by atoms with Gasteiger partial charge in [0, 0.05) is 0 Å². The van der Waals surface area contributed by atoms with Gasteiger partial charge in [0.2, 0.25) is 5.91 Å². The van der Waals surface area contributed by atoms with E-state index in [9.17, 15) is 14.4 Å². The van der Waals surface area contributed by atoms with E-state index in [2.05, 4.69) is 14.9 Å². The molecule has 2 heterocycles. The van der Waals surface area contributed by atoms with Gasteiger partial charge < -0.3 is 5.32 Å². The van der Waals surface area contributed by atoms with Crippen LogP contribution >= 0.6 is 23.3 Å². The summed E-state index contributed by atoms with van der Waals surface area (Å²) in [5.74, 6) is -0.179. The van der Waals surface area contributed by atoms with Crippen molar-refractivity contribution in [2.75, 3.05) is 5.75 Å². The van der Waals surface area contributed by atoms with Crippen LogP contribution in [0.4, 0.5) is 4.79 Å². The van der Waals surface area contributed by atoms with Gasteiger partial charge in [0.15, 0.2) is 0 Å². The third kappa shape index (κ3) is 2.87. The summed E-state index contributed by atoms with van der Waals surface area (Å²) in [4.78, 5) is 38.1. The van der Waals surface area contributed by atoms with Crippen LogP contribution < -0.4 is 5.32 Å². The number of nitrogens with zero attached hydrogens (tertiary/aromatic N) is 3. The largest absolute Gasteiger partial charge is 0.346 e. The topological polar surface area (TPSA) is 92.3 Å². The van der Waals surface area contributed by atoms with Crippen molar-refractivity contribution in [2.45, 2.75) is 44.7 Å². The summed E-state index contributed by atoms with van der Waals surface area (Å²) in [6.45, 7) is 1.74. The molecule has 2 aliphatic rings. The molecule has 1 saturated carbocycles. The van der Waals surface area contributed by atoms with Gasteiger partial charge in [0.25, 0.3) is 11.1 Å². The Balaban J connectivity index is 1.75. The second kappa shape index (κ2) is 6.33. The lowest BCUT2D eigenvalue weighted by Gasteiger charge is -2.36. The molecular weight excluding hydrogens is 324 g/mol. The van der Waals surface area contributed by atoms with Crippen molar-refractivity contribution in [2.24, 2.45) is 0 Å². The van der Waals surface area contributed by atoms with Gasteiger partial charge in [-0.25, -0.2) is 0 Å². The predicted octanol–water partition coefficient (Wildman–Crippen LogP) is 1.58. The summed E-state index contributed by atoms with van der Waals surface area (Å²) in [6, 6.07) is -0.441. The fraction of sp³-hybridized carbons (Fsp3) is 0.615. The van der Waals surface area contributed by atoms with Gasteiger partial charge in [-0.15, -0.1) is 5.10 Å². The lowest BCUT2D eigenvalue weighted by atomic mass is 9.89. The van der Waals surface area contributed by atoms with Crippen LogP contribution in [0.1, 0.15) is 41.0 Å². The summed E-state index contributed by atoms with van der Waals surface area (Å²) in [7, 11) is 0. The predicted molar refractivity (Wildman–Crippen MR) is 82.9 cm³/mol. The zero-order chi connectivity index (χ0) is 15.7. The fourth-order valence-electron chi connectivity index (χ4n) is 2.95. The number of hydrogen-bond donors (Lipinski definition) is 1. The van der Waals surface area contributed by atoms with E-state index in [0.29, 0.717) is 10.6 Å². The van der Waals surface area contributed by atoms with E-state index in [1.54, 1.807) is 6.92 Å². The Morgan fingerprint density at radius 2 is 2.09 bits per heavy atom. The first kappa shape index (κ1) is 15.4. The molecule has 22 heavy (non-hydrogen) atoms. The normalized spacial score (nSPS) is 25.6. The molecule has 0 spiro atoms. The van der Waals surface area contributed by atoms with Crippen LogP contribution in [0.15, 0.2) is 0 Å². The summed E-state index contributed by atoms with van der Waals surface area (Å²) in [5.41, 5.74) is 0.596. The van der Waals surface area contributed by atoms with Gasteiger partial charge in [-0.2, -0.15) is 0 Å². The van der Waals surface area contributed by atoms with Crippen LogP contribution in [-0.2, 0) is 4.79 Å². The molecule has 0 radical (unpaired) electrons. The summed E-state index contributed by atoms with van der Waals surface area (Å²) in [5, 5.41) is 6.60. The lowest BCUT2D eigenvalue weighted by molar-refractivity contribution is -0.127. The Morgan fingerprint density at radius 3 is 2.73 bits per heavy atom. The average molecular weight is 340 g/mol. The standard InChI is InChI=1S/C13H16N4O3S2/c1-7-11(22-16-15-7)12(19)14-8-4-2-3-5-9(8)17-10(18)6-21-13(17)20/h8-9H,2-6H2,1H3,(H,14,19). The SMILES string of the molecule is Cc1nnsc1C(=O)NC1CCCCC1N1C(=O)CSC1=O. The number of amides is 3. The number of carbonyl (C=O) groups excluding carboxylic acids is 3. The highest BCUT2D eigenvalue weighted by Gasteiger charge is 2.41. The maximum atomic E-state index is 12.3. The highest BCUT2D eigenvalue weighted by atomic mass is 32.2. The molecule has 2 atom stereocenters. The number of carbonyl (C=O) groups is 3. The monoisotopic (exact) mass is 340 g/mol. The number of hydrogen-bond acceptors (Lipinski definition) is 7. The van der Waals surface area contributed by atoms with Crippen molar-refractivity contribution >= 4 is 40.3 Å². The second-order valence-corrected chi connectivity index (χ2v) is 7.12. The first-order chi connectivity index (χ1) is 10.6. The van der Waals surface area contributed by atoms with Crippen LogP contribution in [0.3, 0.4) is 0 Å². The summed E-state index contributed by atoms with van der Waals surface area (Å²) >= 11 is 2.09. The van der Waals surface area contributed by atoms with Gasteiger partial charge in [0.05, 0.1) is 23.5 Å². The van der Waals surface area contributed by atoms with Crippen molar-refractivity contribution in [3.8, 4) is 0 Å². The first-order valence-corrected chi connectivity index (χ1v) is 8.92. The van der Waals surface area contributed by atoms with Gasteiger partial charge >= 0.3 is 0 Å². The Labute approximate surface area is 136 Å². The maximum Gasteiger partial charge on any atom is 0.289 e. The molecule has 2 fully saturated rings. The molecule has 1 aromatic rings. The smallest absolute Gasteiger partial charge is 0.289 e. The Kier molecular flexibility index (Phi) is 4.44. The molecule has 3 rings (SSSR count). The molecular formula is C13H16N4O3S2. The van der Waals surface area contributed by atoms with Gasteiger partial charge in [-0.05, 0) is 31.3 Å². The number of thioether (sulfide) groups is 1. The first-order valence-electron chi connectivity index (χ1n) is 7.16. The van der Waals surface area contributed by atoms with E-state index in [4.69, 9.17) is 0 Å². The molecule has 0 aromatic carbocycles. The maximum absolute atomic E-state index is 12.3. The Bertz CT molecular complexity index is 602. The van der Waals surface area contributed by atoms with Gasteiger partial charge in [-0.1, -0.05) is 29.1 Å². The fourth-order valence-corrected chi connectivity index (χ4v) is 4.27. The molecule has 2 unspecified atom stereocenters. The minimum Gasteiger partial charge on any atom is -0.346 e. The number of aromatic nitrogens is 2. The zero-order valence-corrected chi connectivity index (χ0v) is 13.7. The molecule has 118 valence electrons. The van der Waals surface area contributed by atoms with Crippen LogP contribution in [-0.4, -0.2) is 49.4 Å². The van der Waals surface area contributed by atoms with Crippen LogP contribution in [0.25, 0.3) is 0 Å². The molecule has 1 saturated heterocycles. The molecule has 1 aromatic heterocycles. The quantitative estimate of drug-likeness (QED) is 0.898. The Hall–Kier alpha value is -1.48. The molecule has 0 bridgehead atoms. The molecule has 1 N–H and O–H groups in total. The number of aryl methyl sites for hydroxylation is 1. The Morgan fingerprint density at radius 1 is 1.32 bits per heavy atom. The third-order valence-electron chi connectivity index (χ3n) is 4.02. The number of nitrogens with one attached hydrogen (secondary N) is 1. The third-order valence-corrected chi connectivity index (χ3v) is 5.68. The van der Waals surface area contributed by atoms with Crippen LogP contribution in [0, 0.1) is 6.92 Å². The molecule has 9 heteroatoms. The van der Waals surface area contributed by atoms with Crippen LogP contribution in [0.2, 0.25) is 0 Å². The van der Waals surface area contributed by atoms with Crippen molar-refractivity contribution in [3.63, 3.8) is 0 Å². The van der Waals surface area contributed by atoms with Gasteiger partial charge in [0.1, 0.15) is 4.88 Å². The molecule has 3 amide bonds. The minimum absolute atomic E-state index is 0.156. The number of rotatable bonds is 3. The van der Waals surface area contributed by atoms with Crippen molar-refractivity contribution in [1.82, 2.24) is 19.8 Å². The number of imide groups is 1. The molecule has 7 nitrogen and oxygen atoms in total. The average Bonchev–Trinajstić information content (AvgIpc) is 3.06. The summed E-state index contributed by atoms with van der Waals surface area (Å²) < 4.78 is 3.77. The highest BCUT2D eigenvalue weighted by Crippen LogP contribution is 2.30. The van der Waals surface area contributed by atoms with E-state index in [0.717, 1.165) is 49.0 Å². The minimum atomic E-state index is -0.242. The lowest BCUT2D eigenvalue weighted by Crippen LogP contribution is -2.54. The highest BCUT2D eigenvalue weighted by molar-refractivity contribution is 8.14. The van der Waals surface area contributed by atoms with E-state index in [1.807, 2.05) is 0 Å². The molecule has 1 aliphatic carbocycles. The van der Waals surface area contributed by atoms with Crippen molar-refractivity contribution < 1.29 is 14.4 Å². The van der Waals surface area contributed by atoms with Crippen molar-refractivity contribution in [3.05, 3.63) is 10.6 Å². The zero-order valence-electron chi connectivity index (χ0n) is 12.1.